The van der Waals surface area contributed by atoms with Crippen LogP contribution in [-0.2, 0) is 0 Å². The third-order valence-electron chi connectivity index (χ3n) is 2.65. The zero-order chi connectivity index (χ0) is 13.0. The number of ketones is 1. The fraction of sp³-hybridized carbons (Fsp3) is 0.500. The van der Waals surface area contributed by atoms with Crippen LogP contribution < -0.4 is 4.74 Å². The standard InChI is InChI=1S/C14H21NO2/c1-10(2)11-6-7-14(17-5)12(8-11)13(16)9-15(3)4/h6-8,10H,9H2,1-5H3. The van der Waals surface area contributed by atoms with Crippen molar-refractivity contribution in [2.24, 2.45) is 0 Å². The molecule has 0 atom stereocenters. The molecule has 1 rings (SSSR count). The number of hydrogen-bond donors (Lipinski definition) is 0. The SMILES string of the molecule is COc1ccc(C(C)C)cc1C(=O)CN(C)C. The van der Waals surface area contributed by atoms with Gasteiger partial charge >= 0.3 is 0 Å². The van der Waals surface area contributed by atoms with Crippen LogP contribution in [0, 0.1) is 0 Å². The second-order valence-electron chi connectivity index (χ2n) is 4.78. The first-order valence-corrected chi connectivity index (χ1v) is 5.81. The normalized spacial score (nSPS) is 11.0. The van der Waals surface area contributed by atoms with Crippen LogP contribution in [0.2, 0.25) is 0 Å². The summed E-state index contributed by atoms with van der Waals surface area (Å²) in [5.41, 5.74) is 1.83. The molecule has 0 radical (unpaired) electrons. The molecule has 0 spiro atoms. The first-order chi connectivity index (χ1) is 7.95. The third-order valence-corrected chi connectivity index (χ3v) is 2.65. The van der Waals surface area contributed by atoms with E-state index < -0.39 is 0 Å². The number of benzene rings is 1. The second-order valence-corrected chi connectivity index (χ2v) is 4.78. The van der Waals surface area contributed by atoms with Gasteiger partial charge in [0.05, 0.1) is 19.2 Å². The van der Waals surface area contributed by atoms with Crippen LogP contribution in [0.1, 0.15) is 35.7 Å². The molecule has 0 saturated carbocycles. The highest BCUT2D eigenvalue weighted by molar-refractivity contribution is 6.00. The van der Waals surface area contributed by atoms with Crippen molar-refractivity contribution >= 4 is 5.78 Å². The molecular weight excluding hydrogens is 214 g/mol. The van der Waals surface area contributed by atoms with Crippen molar-refractivity contribution in [3.05, 3.63) is 29.3 Å². The molecule has 0 N–H and O–H groups in total. The van der Waals surface area contributed by atoms with Gasteiger partial charge in [-0.25, -0.2) is 0 Å². The molecule has 0 saturated heterocycles. The van der Waals surface area contributed by atoms with Gasteiger partial charge in [0.25, 0.3) is 0 Å². The lowest BCUT2D eigenvalue weighted by Gasteiger charge is -2.14. The maximum atomic E-state index is 12.1. The van der Waals surface area contributed by atoms with E-state index in [2.05, 4.69) is 13.8 Å². The Labute approximate surface area is 103 Å². The number of Topliss-reactive ketones (excluding diaryl/α,β-unsaturated/α-hetero) is 1. The summed E-state index contributed by atoms with van der Waals surface area (Å²) in [4.78, 5) is 14.0. The summed E-state index contributed by atoms with van der Waals surface area (Å²) in [5.74, 6) is 1.16. The predicted molar refractivity (Wildman–Crippen MR) is 70.0 cm³/mol. The van der Waals surface area contributed by atoms with Gasteiger partial charge in [0.1, 0.15) is 5.75 Å². The summed E-state index contributed by atoms with van der Waals surface area (Å²) in [5, 5.41) is 0. The summed E-state index contributed by atoms with van der Waals surface area (Å²) in [7, 11) is 5.37. The number of carbonyl (C=O) groups excluding carboxylic acids is 1. The van der Waals surface area contributed by atoms with E-state index in [1.165, 1.54) is 0 Å². The van der Waals surface area contributed by atoms with Crippen LogP contribution in [0.5, 0.6) is 5.75 Å². The second kappa shape index (κ2) is 5.82. The lowest BCUT2D eigenvalue weighted by atomic mass is 9.98. The highest BCUT2D eigenvalue weighted by Crippen LogP contribution is 2.24. The summed E-state index contributed by atoms with van der Waals surface area (Å²) in [6.45, 7) is 4.63. The topological polar surface area (TPSA) is 29.5 Å². The highest BCUT2D eigenvalue weighted by atomic mass is 16.5. The summed E-state index contributed by atoms with van der Waals surface area (Å²) in [6, 6.07) is 5.82. The van der Waals surface area contributed by atoms with Gasteiger partial charge in [-0.05, 0) is 37.7 Å². The molecule has 0 aliphatic carbocycles. The maximum absolute atomic E-state index is 12.1. The fourth-order valence-electron chi connectivity index (χ4n) is 1.68. The van der Waals surface area contributed by atoms with Gasteiger partial charge in [0.15, 0.2) is 5.78 Å². The van der Waals surface area contributed by atoms with Gasteiger partial charge in [0.2, 0.25) is 0 Å². The average molecular weight is 235 g/mol. The van der Waals surface area contributed by atoms with Crippen LogP contribution in [0.15, 0.2) is 18.2 Å². The Morgan fingerprint density at radius 1 is 1.35 bits per heavy atom. The Hall–Kier alpha value is -1.35. The summed E-state index contributed by atoms with van der Waals surface area (Å²) >= 11 is 0. The van der Waals surface area contributed by atoms with Crippen molar-refractivity contribution in [1.82, 2.24) is 4.90 Å². The quantitative estimate of drug-likeness (QED) is 0.735. The predicted octanol–water partition coefficient (Wildman–Crippen LogP) is 2.56. The number of likely N-dealkylation sites (N-methyl/N-ethyl adjacent to an activating group) is 1. The smallest absolute Gasteiger partial charge is 0.180 e. The van der Waals surface area contributed by atoms with Gasteiger partial charge in [-0.15, -0.1) is 0 Å². The Bertz CT molecular complexity index is 397. The van der Waals surface area contributed by atoms with Crippen LogP contribution in [-0.4, -0.2) is 38.4 Å². The first kappa shape index (κ1) is 13.7. The van der Waals surface area contributed by atoms with Crippen LogP contribution >= 0.6 is 0 Å². The Kier molecular flexibility index (Phi) is 4.70. The zero-order valence-electron chi connectivity index (χ0n) is 11.3. The minimum atomic E-state index is 0.0920. The number of hydrogen-bond acceptors (Lipinski definition) is 3. The maximum Gasteiger partial charge on any atom is 0.180 e. The lowest BCUT2D eigenvalue weighted by molar-refractivity contribution is 0.0955. The number of carbonyl (C=O) groups is 1. The number of methoxy groups -OCH3 is 1. The molecule has 0 heterocycles. The molecule has 3 nitrogen and oxygen atoms in total. The minimum Gasteiger partial charge on any atom is -0.496 e. The van der Waals surface area contributed by atoms with Crippen molar-refractivity contribution in [3.63, 3.8) is 0 Å². The van der Waals surface area contributed by atoms with E-state index >= 15 is 0 Å². The molecule has 1 aromatic carbocycles. The van der Waals surface area contributed by atoms with Gasteiger partial charge < -0.3 is 9.64 Å². The molecule has 0 aromatic heterocycles. The molecule has 0 amide bonds. The lowest BCUT2D eigenvalue weighted by Crippen LogP contribution is -2.22. The van der Waals surface area contributed by atoms with E-state index in [1.54, 1.807) is 7.11 Å². The van der Waals surface area contributed by atoms with Crippen molar-refractivity contribution in [3.8, 4) is 5.75 Å². The molecule has 1 aromatic rings. The van der Waals surface area contributed by atoms with Crippen molar-refractivity contribution in [2.45, 2.75) is 19.8 Å². The van der Waals surface area contributed by atoms with E-state index in [0.29, 0.717) is 23.8 Å². The highest BCUT2D eigenvalue weighted by Gasteiger charge is 2.14. The van der Waals surface area contributed by atoms with E-state index in [0.717, 1.165) is 5.56 Å². The number of nitrogens with zero attached hydrogens (tertiary/aromatic N) is 1. The first-order valence-electron chi connectivity index (χ1n) is 5.81. The Morgan fingerprint density at radius 3 is 2.47 bits per heavy atom. The van der Waals surface area contributed by atoms with E-state index in [-0.39, 0.29) is 5.78 Å². The molecule has 17 heavy (non-hydrogen) atoms. The monoisotopic (exact) mass is 235 g/mol. The van der Waals surface area contributed by atoms with Gasteiger partial charge in [-0.1, -0.05) is 19.9 Å². The molecule has 94 valence electrons. The van der Waals surface area contributed by atoms with Crippen LogP contribution in [0.3, 0.4) is 0 Å². The Balaban J connectivity index is 3.09. The van der Waals surface area contributed by atoms with Crippen molar-refractivity contribution in [2.75, 3.05) is 27.7 Å². The molecule has 3 heteroatoms. The van der Waals surface area contributed by atoms with E-state index in [1.807, 2.05) is 37.2 Å². The molecule has 0 unspecified atom stereocenters. The molecule has 0 aliphatic rings. The minimum absolute atomic E-state index is 0.0920. The molecule has 0 fully saturated rings. The summed E-state index contributed by atoms with van der Waals surface area (Å²) in [6.07, 6.45) is 0. The zero-order valence-corrected chi connectivity index (χ0v) is 11.3. The third kappa shape index (κ3) is 3.56. The molecular formula is C14H21NO2. The van der Waals surface area contributed by atoms with Crippen LogP contribution in [0.25, 0.3) is 0 Å². The van der Waals surface area contributed by atoms with E-state index in [9.17, 15) is 4.79 Å². The van der Waals surface area contributed by atoms with Gasteiger partial charge in [0, 0.05) is 0 Å². The van der Waals surface area contributed by atoms with Gasteiger partial charge in [-0.2, -0.15) is 0 Å². The van der Waals surface area contributed by atoms with Gasteiger partial charge in [-0.3, -0.25) is 4.79 Å². The molecule has 0 bridgehead atoms. The summed E-state index contributed by atoms with van der Waals surface area (Å²) < 4.78 is 5.24. The Morgan fingerprint density at radius 2 is 2.00 bits per heavy atom. The average Bonchev–Trinajstić information content (AvgIpc) is 2.27. The van der Waals surface area contributed by atoms with Crippen molar-refractivity contribution in [1.29, 1.82) is 0 Å². The fourth-order valence-corrected chi connectivity index (χ4v) is 1.68. The number of rotatable bonds is 5. The largest absolute Gasteiger partial charge is 0.496 e. The number of ether oxygens (including phenoxy) is 1. The van der Waals surface area contributed by atoms with Crippen LogP contribution in [0.4, 0.5) is 0 Å². The van der Waals surface area contributed by atoms with E-state index in [4.69, 9.17) is 4.74 Å². The van der Waals surface area contributed by atoms with Crippen molar-refractivity contribution < 1.29 is 9.53 Å². The molecule has 0 aliphatic heterocycles.